The number of anilines is 1. The number of nitrogens with one attached hydrogen (secondary N) is 1. The van der Waals surface area contributed by atoms with E-state index < -0.39 is 0 Å². The van der Waals surface area contributed by atoms with E-state index in [1.165, 1.54) is 6.92 Å². The maximum absolute atomic E-state index is 11.1. The van der Waals surface area contributed by atoms with E-state index in [9.17, 15) is 9.90 Å². The molecule has 2 rings (SSSR count). The van der Waals surface area contributed by atoms with Gasteiger partial charge in [0.05, 0.1) is 5.69 Å². The van der Waals surface area contributed by atoms with Crippen LogP contribution in [0.15, 0.2) is 48.5 Å². The number of hydrogen-bond donors (Lipinski definition) is 2. The quantitative estimate of drug-likeness (QED) is 0.828. The number of benzene rings is 2. The van der Waals surface area contributed by atoms with Crippen molar-refractivity contribution in [2.75, 3.05) is 5.32 Å². The highest BCUT2D eigenvalue weighted by Gasteiger charge is 2.07. The molecule has 2 N–H and O–H groups in total. The first-order valence-corrected chi connectivity index (χ1v) is 5.33. The highest BCUT2D eigenvalue weighted by molar-refractivity contribution is 5.94. The minimum absolute atomic E-state index is 0.133. The van der Waals surface area contributed by atoms with Crippen LogP contribution < -0.4 is 5.32 Å². The van der Waals surface area contributed by atoms with E-state index in [2.05, 4.69) is 5.32 Å². The fourth-order valence-corrected chi connectivity index (χ4v) is 1.69. The smallest absolute Gasteiger partial charge is 0.221 e. The van der Waals surface area contributed by atoms with Gasteiger partial charge in [-0.05, 0) is 17.7 Å². The van der Waals surface area contributed by atoms with Crippen LogP contribution in [0.2, 0.25) is 0 Å². The van der Waals surface area contributed by atoms with E-state index in [-0.39, 0.29) is 11.7 Å². The molecule has 0 aliphatic carbocycles. The van der Waals surface area contributed by atoms with Crippen LogP contribution in [-0.2, 0) is 4.79 Å². The van der Waals surface area contributed by atoms with Crippen molar-refractivity contribution in [1.82, 2.24) is 0 Å². The summed E-state index contributed by atoms with van der Waals surface area (Å²) in [4.78, 5) is 11.1. The molecular weight excluding hydrogens is 214 g/mol. The lowest BCUT2D eigenvalue weighted by Gasteiger charge is -2.10. The van der Waals surface area contributed by atoms with Crippen molar-refractivity contribution >= 4 is 11.6 Å². The van der Waals surface area contributed by atoms with Gasteiger partial charge in [0.25, 0.3) is 0 Å². The van der Waals surface area contributed by atoms with Gasteiger partial charge in [0.2, 0.25) is 5.91 Å². The minimum Gasteiger partial charge on any atom is -0.508 e. The molecule has 0 aromatic heterocycles. The lowest BCUT2D eigenvalue weighted by molar-refractivity contribution is -0.114. The average molecular weight is 227 g/mol. The Morgan fingerprint density at radius 2 is 1.82 bits per heavy atom. The molecule has 0 saturated heterocycles. The van der Waals surface area contributed by atoms with Crippen LogP contribution in [0.25, 0.3) is 11.1 Å². The first-order valence-electron chi connectivity index (χ1n) is 5.33. The summed E-state index contributed by atoms with van der Waals surface area (Å²) in [5.41, 5.74) is 2.50. The van der Waals surface area contributed by atoms with Crippen LogP contribution in [0.3, 0.4) is 0 Å². The van der Waals surface area contributed by atoms with E-state index >= 15 is 0 Å². The number of phenols is 1. The van der Waals surface area contributed by atoms with Crippen molar-refractivity contribution in [3.8, 4) is 16.9 Å². The molecule has 1 amide bonds. The molecule has 0 fully saturated rings. The second-order valence-corrected chi connectivity index (χ2v) is 3.78. The molecule has 0 bridgehead atoms. The molecular formula is C14H13NO2. The van der Waals surface area contributed by atoms with Crippen LogP contribution in [0.5, 0.6) is 5.75 Å². The maximum Gasteiger partial charge on any atom is 0.221 e. The molecule has 0 saturated carbocycles. The second kappa shape index (κ2) is 4.70. The van der Waals surface area contributed by atoms with Gasteiger partial charge in [-0.15, -0.1) is 0 Å². The largest absolute Gasteiger partial charge is 0.508 e. The first kappa shape index (κ1) is 11.2. The molecule has 0 unspecified atom stereocenters. The van der Waals surface area contributed by atoms with Crippen LogP contribution >= 0.6 is 0 Å². The topological polar surface area (TPSA) is 49.3 Å². The predicted molar refractivity (Wildman–Crippen MR) is 67.8 cm³/mol. The standard InChI is InChI=1S/C14H13NO2/c1-10(16)15-14-9-12(17)7-8-13(14)11-5-3-2-4-6-11/h2-9,17H,1H3,(H,15,16). The van der Waals surface area contributed by atoms with E-state index in [1.807, 2.05) is 30.3 Å². The van der Waals surface area contributed by atoms with Crippen molar-refractivity contribution in [2.45, 2.75) is 6.92 Å². The molecule has 0 atom stereocenters. The Bertz CT molecular complexity index is 535. The SMILES string of the molecule is CC(=O)Nc1cc(O)ccc1-c1ccccc1. The summed E-state index contributed by atoms with van der Waals surface area (Å²) in [6.45, 7) is 1.44. The number of phenolic OH excluding ortho intramolecular Hbond substituents is 1. The zero-order valence-corrected chi connectivity index (χ0v) is 9.47. The van der Waals surface area contributed by atoms with Gasteiger partial charge in [0.15, 0.2) is 0 Å². The van der Waals surface area contributed by atoms with Gasteiger partial charge in [-0.3, -0.25) is 4.79 Å². The van der Waals surface area contributed by atoms with Crippen molar-refractivity contribution in [1.29, 1.82) is 0 Å². The highest BCUT2D eigenvalue weighted by Crippen LogP contribution is 2.30. The third-order valence-corrected chi connectivity index (χ3v) is 2.40. The van der Waals surface area contributed by atoms with E-state index in [1.54, 1.807) is 18.2 Å². The molecule has 2 aromatic rings. The molecule has 0 aliphatic heterocycles. The molecule has 3 heteroatoms. The summed E-state index contributed by atoms with van der Waals surface area (Å²) in [6.07, 6.45) is 0. The van der Waals surface area contributed by atoms with Crippen molar-refractivity contribution < 1.29 is 9.90 Å². The van der Waals surface area contributed by atoms with Gasteiger partial charge in [-0.2, -0.15) is 0 Å². The normalized spacial score (nSPS) is 9.94. The summed E-state index contributed by atoms with van der Waals surface area (Å²) < 4.78 is 0. The molecule has 17 heavy (non-hydrogen) atoms. The van der Waals surface area contributed by atoms with Gasteiger partial charge in [0.1, 0.15) is 5.75 Å². The second-order valence-electron chi connectivity index (χ2n) is 3.78. The number of rotatable bonds is 2. The van der Waals surface area contributed by atoms with Crippen molar-refractivity contribution in [3.05, 3.63) is 48.5 Å². The lowest BCUT2D eigenvalue weighted by atomic mass is 10.0. The Hall–Kier alpha value is -2.29. The molecule has 3 nitrogen and oxygen atoms in total. The van der Waals surface area contributed by atoms with Crippen molar-refractivity contribution in [2.24, 2.45) is 0 Å². The third kappa shape index (κ3) is 2.64. The van der Waals surface area contributed by atoms with Gasteiger partial charge >= 0.3 is 0 Å². The highest BCUT2D eigenvalue weighted by atomic mass is 16.3. The molecule has 0 spiro atoms. The Kier molecular flexibility index (Phi) is 3.10. The summed E-state index contributed by atoms with van der Waals surface area (Å²) in [7, 11) is 0. The van der Waals surface area contributed by atoms with Gasteiger partial charge in [-0.25, -0.2) is 0 Å². The summed E-state index contributed by atoms with van der Waals surface area (Å²) in [6, 6.07) is 14.6. The van der Waals surface area contributed by atoms with E-state index in [4.69, 9.17) is 0 Å². The number of hydrogen-bond acceptors (Lipinski definition) is 2. The molecule has 0 heterocycles. The minimum atomic E-state index is -0.159. The number of aromatic hydroxyl groups is 1. The molecule has 2 aromatic carbocycles. The maximum atomic E-state index is 11.1. The lowest BCUT2D eigenvalue weighted by Crippen LogP contribution is -2.06. The summed E-state index contributed by atoms with van der Waals surface area (Å²) >= 11 is 0. The Morgan fingerprint density at radius 1 is 1.12 bits per heavy atom. The third-order valence-electron chi connectivity index (χ3n) is 2.40. The zero-order valence-electron chi connectivity index (χ0n) is 9.47. The van der Waals surface area contributed by atoms with Crippen LogP contribution in [0.4, 0.5) is 5.69 Å². The van der Waals surface area contributed by atoms with E-state index in [0.717, 1.165) is 11.1 Å². The summed E-state index contributed by atoms with van der Waals surface area (Å²) in [5.74, 6) is -0.0267. The van der Waals surface area contributed by atoms with Gasteiger partial charge in [-0.1, -0.05) is 30.3 Å². The van der Waals surface area contributed by atoms with Crippen LogP contribution in [0.1, 0.15) is 6.92 Å². The fourth-order valence-electron chi connectivity index (χ4n) is 1.69. The van der Waals surface area contributed by atoms with E-state index in [0.29, 0.717) is 5.69 Å². The average Bonchev–Trinajstić information content (AvgIpc) is 2.29. The Morgan fingerprint density at radius 3 is 2.47 bits per heavy atom. The van der Waals surface area contributed by atoms with Crippen LogP contribution in [-0.4, -0.2) is 11.0 Å². The monoisotopic (exact) mass is 227 g/mol. The van der Waals surface area contributed by atoms with Crippen molar-refractivity contribution in [3.63, 3.8) is 0 Å². The van der Waals surface area contributed by atoms with Gasteiger partial charge in [0, 0.05) is 18.6 Å². The van der Waals surface area contributed by atoms with Gasteiger partial charge < -0.3 is 10.4 Å². The Balaban J connectivity index is 2.50. The number of amides is 1. The number of carbonyl (C=O) groups is 1. The molecule has 86 valence electrons. The fraction of sp³-hybridized carbons (Fsp3) is 0.0714. The first-order chi connectivity index (χ1) is 8.16. The van der Waals surface area contributed by atoms with Crippen LogP contribution in [0, 0.1) is 0 Å². The Labute approximate surface area is 99.7 Å². The predicted octanol–water partition coefficient (Wildman–Crippen LogP) is 3.02. The number of carbonyl (C=O) groups excluding carboxylic acids is 1. The molecule has 0 aliphatic rings. The summed E-state index contributed by atoms with van der Waals surface area (Å²) in [5, 5.41) is 12.2. The zero-order chi connectivity index (χ0) is 12.3. The molecule has 0 radical (unpaired) electrons.